The fraction of sp³-hybridized carbons (Fsp3) is 0.222. The van der Waals surface area contributed by atoms with Crippen molar-refractivity contribution in [1.29, 1.82) is 0 Å². The summed E-state index contributed by atoms with van der Waals surface area (Å²) >= 11 is 0. The van der Waals surface area contributed by atoms with Crippen LogP contribution in [0.15, 0.2) is 29.6 Å². The van der Waals surface area contributed by atoms with Gasteiger partial charge in [0.15, 0.2) is 5.78 Å². The predicted octanol–water partition coefficient (Wildman–Crippen LogP) is 2.01. The topological polar surface area (TPSA) is 49.7 Å². The highest BCUT2D eigenvalue weighted by Crippen LogP contribution is 2.13. The van der Waals surface area contributed by atoms with Crippen LogP contribution in [0, 0.1) is 4.91 Å². The Morgan fingerprint density at radius 1 is 1.31 bits per heavy atom. The van der Waals surface area contributed by atoms with Crippen molar-refractivity contribution in [3.05, 3.63) is 34.7 Å². The standard InChI is InChI=1S/C9H10N2O2/c1-7(12)8-3-5-9(6-4-8)11(2)10-13/h3-6H,1-2H3. The van der Waals surface area contributed by atoms with Crippen LogP contribution in [0.1, 0.15) is 17.3 Å². The number of Topliss-reactive ketones (excluding diaryl/α,β-unsaturated/α-hetero) is 1. The summed E-state index contributed by atoms with van der Waals surface area (Å²) in [6, 6.07) is 6.69. The van der Waals surface area contributed by atoms with Crippen LogP contribution >= 0.6 is 0 Å². The number of hydrogen-bond acceptors (Lipinski definition) is 3. The molecule has 0 atom stereocenters. The molecule has 0 N–H and O–H groups in total. The van der Waals surface area contributed by atoms with Crippen molar-refractivity contribution in [3.63, 3.8) is 0 Å². The van der Waals surface area contributed by atoms with E-state index in [2.05, 4.69) is 5.29 Å². The summed E-state index contributed by atoms with van der Waals surface area (Å²) in [5.41, 5.74) is 1.29. The summed E-state index contributed by atoms with van der Waals surface area (Å²) in [5, 5.41) is 3.93. The van der Waals surface area contributed by atoms with E-state index in [4.69, 9.17) is 0 Å². The number of anilines is 1. The third-order valence-electron chi connectivity index (χ3n) is 1.77. The number of nitroso groups, excluding NO2 is 1. The van der Waals surface area contributed by atoms with Crippen LogP contribution in [-0.2, 0) is 0 Å². The molecule has 0 bridgehead atoms. The van der Waals surface area contributed by atoms with Crippen LogP contribution in [0.4, 0.5) is 5.69 Å². The van der Waals surface area contributed by atoms with E-state index in [1.54, 1.807) is 31.3 Å². The molecule has 1 aromatic rings. The van der Waals surface area contributed by atoms with Gasteiger partial charge in [0.2, 0.25) is 0 Å². The van der Waals surface area contributed by atoms with E-state index in [1.807, 2.05) is 0 Å². The molecule has 4 heteroatoms. The van der Waals surface area contributed by atoms with Gasteiger partial charge in [-0.2, -0.15) is 0 Å². The van der Waals surface area contributed by atoms with Crippen LogP contribution in [0.3, 0.4) is 0 Å². The van der Waals surface area contributed by atoms with Crippen molar-refractivity contribution in [3.8, 4) is 0 Å². The Morgan fingerprint density at radius 2 is 1.85 bits per heavy atom. The molecular weight excluding hydrogens is 168 g/mol. The molecular formula is C9H10N2O2. The molecule has 0 saturated heterocycles. The minimum atomic E-state index is 0.00765. The number of carbonyl (C=O) groups excluding carboxylic acids is 1. The van der Waals surface area contributed by atoms with Gasteiger partial charge < -0.3 is 0 Å². The fourth-order valence-electron chi connectivity index (χ4n) is 0.959. The van der Waals surface area contributed by atoms with Gasteiger partial charge in [0.1, 0.15) is 0 Å². The Bertz CT molecular complexity index is 319. The molecule has 13 heavy (non-hydrogen) atoms. The summed E-state index contributed by atoms with van der Waals surface area (Å²) in [6.45, 7) is 1.50. The molecule has 1 aromatic carbocycles. The Morgan fingerprint density at radius 3 is 2.23 bits per heavy atom. The quantitative estimate of drug-likeness (QED) is 0.404. The maximum absolute atomic E-state index is 10.9. The van der Waals surface area contributed by atoms with Crippen molar-refractivity contribution >= 4 is 11.5 Å². The summed E-state index contributed by atoms with van der Waals surface area (Å²) in [4.78, 5) is 21.0. The first-order chi connectivity index (χ1) is 6.15. The Hall–Kier alpha value is -1.71. The fourth-order valence-corrected chi connectivity index (χ4v) is 0.959. The molecule has 4 nitrogen and oxygen atoms in total. The van der Waals surface area contributed by atoms with Crippen LogP contribution in [-0.4, -0.2) is 12.8 Å². The first kappa shape index (κ1) is 9.38. The normalized spacial score (nSPS) is 9.38. The van der Waals surface area contributed by atoms with Gasteiger partial charge in [0.05, 0.1) is 11.0 Å². The van der Waals surface area contributed by atoms with Gasteiger partial charge >= 0.3 is 0 Å². The zero-order valence-electron chi connectivity index (χ0n) is 7.52. The SMILES string of the molecule is CC(=O)c1ccc(N(C)N=O)cc1. The lowest BCUT2D eigenvalue weighted by Gasteiger charge is -2.07. The molecule has 0 amide bonds. The van der Waals surface area contributed by atoms with Crippen LogP contribution in [0.5, 0.6) is 0 Å². The van der Waals surface area contributed by atoms with Gasteiger partial charge in [0.25, 0.3) is 0 Å². The average Bonchev–Trinajstić information content (AvgIpc) is 2.17. The third kappa shape index (κ3) is 2.11. The summed E-state index contributed by atoms with van der Waals surface area (Å²) in [6.07, 6.45) is 0. The van der Waals surface area contributed by atoms with Gasteiger partial charge in [-0.25, -0.2) is 5.01 Å². The number of carbonyl (C=O) groups is 1. The first-order valence-electron chi connectivity index (χ1n) is 3.83. The van der Waals surface area contributed by atoms with Gasteiger partial charge in [-0.3, -0.25) is 4.79 Å². The number of ketones is 1. The van der Waals surface area contributed by atoms with E-state index >= 15 is 0 Å². The first-order valence-corrected chi connectivity index (χ1v) is 3.83. The number of hydrogen-bond donors (Lipinski definition) is 0. The van der Waals surface area contributed by atoms with Crippen LogP contribution in [0.25, 0.3) is 0 Å². The van der Waals surface area contributed by atoms with Gasteiger partial charge in [0, 0.05) is 12.6 Å². The van der Waals surface area contributed by atoms with Crippen molar-refractivity contribution < 1.29 is 4.79 Å². The Balaban J connectivity index is 2.93. The largest absolute Gasteiger partial charge is 0.295 e. The zero-order chi connectivity index (χ0) is 9.84. The van der Waals surface area contributed by atoms with E-state index < -0.39 is 0 Å². The van der Waals surface area contributed by atoms with E-state index in [1.165, 1.54) is 11.9 Å². The minimum absolute atomic E-state index is 0.00765. The molecule has 0 saturated carbocycles. The summed E-state index contributed by atoms with van der Waals surface area (Å²) in [5.74, 6) is 0.00765. The summed E-state index contributed by atoms with van der Waals surface area (Å²) in [7, 11) is 1.55. The lowest BCUT2D eigenvalue weighted by atomic mass is 10.1. The van der Waals surface area contributed by atoms with Crippen molar-refractivity contribution in [2.24, 2.45) is 5.29 Å². The van der Waals surface area contributed by atoms with Crippen LogP contribution < -0.4 is 5.01 Å². The lowest BCUT2D eigenvalue weighted by Crippen LogP contribution is -2.06. The molecule has 0 aliphatic carbocycles. The van der Waals surface area contributed by atoms with Gasteiger partial charge in [-0.15, -0.1) is 4.91 Å². The van der Waals surface area contributed by atoms with Crippen molar-refractivity contribution in [2.45, 2.75) is 6.92 Å². The van der Waals surface area contributed by atoms with E-state index in [0.717, 1.165) is 0 Å². The molecule has 0 radical (unpaired) electrons. The second-order valence-corrected chi connectivity index (χ2v) is 2.71. The zero-order valence-corrected chi connectivity index (χ0v) is 7.52. The number of benzene rings is 1. The molecule has 0 fully saturated rings. The molecule has 0 heterocycles. The predicted molar refractivity (Wildman–Crippen MR) is 50.6 cm³/mol. The highest BCUT2D eigenvalue weighted by molar-refractivity contribution is 5.94. The molecule has 0 aromatic heterocycles. The Kier molecular flexibility index (Phi) is 2.74. The smallest absolute Gasteiger partial charge is 0.159 e. The monoisotopic (exact) mass is 178 g/mol. The van der Waals surface area contributed by atoms with E-state index in [9.17, 15) is 9.70 Å². The van der Waals surface area contributed by atoms with Crippen molar-refractivity contribution in [2.75, 3.05) is 12.1 Å². The molecule has 0 aliphatic rings. The van der Waals surface area contributed by atoms with Crippen LogP contribution in [0.2, 0.25) is 0 Å². The third-order valence-corrected chi connectivity index (χ3v) is 1.77. The summed E-state index contributed by atoms with van der Waals surface area (Å²) < 4.78 is 0. The Labute approximate surface area is 76.1 Å². The number of rotatable bonds is 3. The average molecular weight is 178 g/mol. The highest BCUT2D eigenvalue weighted by atomic mass is 16.3. The van der Waals surface area contributed by atoms with Crippen molar-refractivity contribution in [1.82, 2.24) is 0 Å². The second-order valence-electron chi connectivity index (χ2n) is 2.71. The molecule has 68 valence electrons. The lowest BCUT2D eigenvalue weighted by molar-refractivity contribution is 0.101. The van der Waals surface area contributed by atoms with Gasteiger partial charge in [-0.1, -0.05) is 0 Å². The van der Waals surface area contributed by atoms with Gasteiger partial charge in [-0.05, 0) is 31.2 Å². The molecule has 0 unspecified atom stereocenters. The van der Waals surface area contributed by atoms with E-state index in [-0.39, 0.29) is 5.78 Å². The maximum atomic E-state index is 10.9. The molecule has 0 spiro atoms. The second kappa shape index (κ2) is 3.80. The van der Waals surface area contributed by atoms with E-state index in [0.29, 0.717) is 11.3 Å². The minimum Gasteiger partial charge on any atom is -0.295 e. The molecule has 0 aliphatic heterocycles. The molecule has 1 rings (SSSR count). The number of nitrogens with zero attached hydrogens (tertiary/aromatic N) is 2. The maximum Gasteiger partial charge on any atom is 0.159 e. The highest BCUT2D eigenvalue weighted by Gasteiger charge is 2.01.